The highest BCUT2D eigenvalue weighted by Crippen LogP contribution is 2.36. The van der Waals surface area contributed by atoms with Crippen molar-refractivity contribution in [2.45, 2.75) is 39.7 Å². The van der Waals surface area contributed by atoms with E-state index in [1.165, 1.54) is 5.56 Å². The summed E-state index contributed by atoms with van der Waals surface area (Å²) in [5.41, 5.74) is 3.35. The van der Waals surface area contributed by atoms with Gasteiger partial charge in [0, 0.05) is 37.3 Å². The fraction of sp³-hybridized carbons (Fsp3) is 0.400. The quantitative estimate of drug-likeness (QED) is 0.528. The van der Waals surface area contributed by atoms with Gasteiger partial charge in [0.2, 0.25) is 0 Å². The zero-order valence-electron chi connectivity index (χ0n) is 18.2. The first kappa shape index (κ1) is 21.2. The molecule has 1 atom stereocenters. The highest BCUT2D eigenvalue weighted by molar-refractivity contribution is 5.77. The summed E-state index contributed by atoms with van der Waals surface area (Å²) in [6.45, 7) is 6.54. The maximum atomic E-state index is 13.1. The van der Waals surface area contributed by atoms with Gasteiger partial charge >= 0.3 is 5.97 Å². The second kappa shape index (κ2) is 9.43. The van der Waals surface area contributed by atoms with Crippen LogP contribution >= 0.6 is 0 Å². The Bertz CT molecular complexity index is 1000. The van der Waals surface area contributed by atoms with Crippen LogP contribution in [0.25, 0.3) is 11.3 Å². The fourth-order valence-corrected chi connectivity index (χ4v) is 4.34. The Balaban J connectivity index is 1.55. The molecule has 0 bridgehead atoms. The molecule has 2 aromatic heterocycles. The number of pyridine rings is 1. The molecule has 4 rings (SSSR count). The number of esters is 1. The number of aryl methyl sites for hydroxylation is 1. The van der Waals surface area contributed by atoms with Gasteiger partial charge in [0.1, 0.15) is 11.5 Å². The predicted octanol–water partition coefficient (Wildman–Crippen LogP) is 4.43. The first-order valence-corrected chi connectivity index (χ1v) is 10.9. The highest BCUT2D eigenvalue weighted by atomic mass is 16.5. The van der Waals surface area contributed by atoms with E-state index in [1.807, 2.05) is 43.3 Å². The average Bonchev–Trinajstić information content (AvgIpc) is 3.23. The van der Waals surface area contributed by atoms with Crippen molar-refractivity contribution in [2.24, 2.45) is 5.41 Å². The number of carbonyl (C=O) groups is 1. The van der Waals surface area contributed by atoms with Crippen LogP contribution in [0.4, 0.5) is 0 Å². The average molecular weight is 420 g/mol. The zero-order chi connectivity index (χ0) is 21.7. The second-order valence-corrected chi connectivity index (χ2v) is 8.36. The van der Waals surface area contributed by atoms with Crippen LogP contribution in [0, 0.1) is 12.3 Å². The van der Waals surface area contributed by atoms with E-state index in [1.54, 1.807) is 6.20 Å². The van der Waals surface area contributed by atoms with Crippen molar-refractivity contribution in [1.29, 1.82) is 0 Å². The molecule has 1 saturated heterocycles. The third-order valence-electron chi connectivity index (χ3n) is 5.90. The van der Waals surface area contributed by atoms with Gasteiger partial charge in [-0.1, -0.05) is 41.1 Å². The van der Waals surface area contributed by atoms with Gasteiger partial charge in [-0.15, -0.1) is 0 Å². The monoisotopic (exact) mass is 419 g/mol. The summed E-state index contributed by atoms with van der Waals surface area (Å²) >= 11 is 0. The lowest BCUT2D eigenvalue weighted by Crippen LogP contribution is -2.49. The Kier molecular flexibility index (Phi) is 6.47. The minimum Gasteiger partial charge on any atom is -0.466 e. The Morgan fingerprint density at radius 3 is 2.81 bits per heavy atom. The smallest absolute Gasteiger partial charge is 0.313 e. The molecule has 1 aromatic carbocycles. The molecule has 0 amide bonds. The molecule has 162 valence electrons. The van der Waals surface area contributed by atoms with Crippen molar-refractivity contribution in [2.75, 3.05) is 19.7 Å². The van der Waals surface area contributed by atoms with E-state index in [0.29, 0.717) is 31.9 Å². The number of carbonyl (C=O) groups excluding carboxylic acids is 1. The van der Waals surface area contributed by atoms with Gasteiger partial charge in [-0.3, -0.25) is 14.7 Å². The third kappa shape index (κ3) is 5.02. The minimum absolute atomic E-state index is 0.158. The molecule has 3 heterocycles. The molecular formula is C25H29N3O3. The van der Waals surface area contributed by atoms with Gasteiger partial charge in [0.15, 0.2) is 0 Å². The van der Waals surface area contributed by atoms with E-state index >= 15 is 0 Å². The van der Waals surface area contributed by atoms with Gasteiger partial charge in [0.05, 0.1) is 17.7 Å². The maximum Gasteiger partial charge on any atom is 0.313 e. The molecular weight excluding hydrogens is 390 g/mol. The summed E-state index contributed by atoms with van der Waals surface area (Å²) in [5.74, 6) is 0.553. The van der Waals surface area contributed by atoms with E-state index in [4.69, 9.17) is 9.26 Å². The van der Waals surface area contributed by atoms with Crippen molar-refractivity contribution in [3.05, 3.63) is 71.7 Å². The highest BCUT2D eigenvalue weighted by Gasteiger charge is 2.44. The molecule has 6 heteroatoms. The summed E-state index contributed by atoms with van der Waals surface area (Å²) in [4.78, 5) is 19.8. The maximum absolute atomic E-state index is 13.1. The summed E-state index contributed by atoms with van der Waals surface area (Å²) in [6.07, 6.45) is 3.97. The number of likely N-dealkylation sites (tertiary alicyclic amines) is 1. The van der Waals surface area contributed by atoms with Crippen LogP contribution in [0.3, 0.4) is 0 Å². The van der Waals surface area contributed by atoms with E-state index in [9.17, 15) is 4.79 Å². The molecule has 1 unspecified atom stereocenters. The fourth-order valence-electron chi connectivity index (χ4n) is 4.34. The molecule has 0 aliphatic carbocycles. The number of ether oxygens (including phenoxy) is 1. The summed E-state index contributed by atoms with van der Waals surface area (Å²) in [6, 6.07) is 16.1. The number of rotatable bonds is 7. The van der Waals surface area contributed by atoms with Crippen molar-refractivity contribution < 1.29 is 14.1 Å². The van der Waals surface area contributed by atoms with Crippen LogP contribution < -0.4 is 0 Å². The molecule has 31 heavy (non-hydrogen) atoms. The number of piperidine rings is 1. The number of benzene rings is 1. The molecule has 1 aliphatic rings. The first-order valence-electron chi connectivity index (χ1n) is 10.9. The Hall–Kier alpha value is -2.99. The number of aromatic nitrogens is 2. The molecule has 3 aromatic rings. The summed E-state index contributed by atoms with van der Waals surface area (Å²) < 4.78 is 11.2. The molecule has 0 spiro atoms. The Labute approximate surface area is 183 Å². The largest absolute Gasteiger partial charge is 0.466 e. The molecule has 0 N–H and O–H groups in total. The Morgan fingerprint density at radius 1 is 1.23 bits per heavy atom. The van der Waals surface area contributed by atoms with Gasteiger partial charge in [0.25, 0.3) is 0 Å². The van der Waals surface area contributed by atoms with Gasteiger partial charge in [-0.05, 0) is 45.4 Å². The third-order valence-corrected chi connectivity index (χ3v) is 5.90. The molecule has 6 nitrogen and oxygen atoms in total. The summed E-state index contributed by atoms with van der Waals surface area (Å²) in [7, 11) is 0. The van der Waals surface area contributed by atoms with Crippen molar-refractivity contribution in [3.8, 4) is 11.3 Å². The van der Waals surface area contributed by atoms with E-state index in [2.05, 4.69) is 34.1 Å². The van der Waals surface area contributed by atoms with Crippen LogP contribution in [-0.2, 0) is 22.5 Å². The topological polar surface area (TPSA) is 68.5 Å². The van der Waals surface area contributed by atoms with Crippen molar-refractivity contribution in [3.63, 3.8) is 0 Å². The first-order chi connectivity index (χ1) is 15.1. The van der Waals surface area contributed by atoms with Gasteiger partial charge < -0.3 is 9.26 Å². The lowest BCUT2D eigenvalue weighted by atomic mass is 9.76. The van der Waals surface area contributed by atoms with Crippen molar-refractivity contribution in [1.82, 2.24) is 15.0 Å². The number of hydrogen-bond acceptors (Lipinski definition) is 6. The lowest BCUT2D eigenvalue weighted by molar-refractivity contribution is -0.159. The van der Waals surface area contributed by atoms with Crippen LogP contribution in [0.15, 0.2) is 59.3 Å². The number of nitrogens with zero attached hydrogens (tertiary/aromatic N) is 3. The van der Waals surface area contributed by atoms with Crippen LogP contribution in [0.5, 0.6) is 0 Å². The van der Waals surface area contributed by atoms with E-state index in [0.717, 1.165) is 36.3 Å². The van der Waals surface area contributed by atoms with Crippen molar-refractivity contribution >= 4 is 5.97 Å². The summed E-state index contributed by atoms with van der Waals surface area (Å²) in [5, 5.41) is 4.25. The van der Waals surface area contributed by atoms with Gasteiger partial charge in [-0.2, -0.15) is 0 Å². The standard InChI is InChI=1S/C25H29N3O3/c1-3-30-24(29)25(12-6-14-28(18-25)17-21-7-4-5-13-26-21)16-22-15-23(27-31-22)20-10-8-19(2)9-11-20/h4-5,7-11,13,15H,3,6,12,14,16-18H2,1-2H3. The zero-order valence-corrected chi connectivity index (χ0v) is 18.2. The normalized spacial score (nSPS) is 19.3. The molecule has 1 aliphatic heterocycles. The van der Waals surface area contributed by atoms with Crippen LogP contribution in [0.2, 0.25) is 0 Å². The lowest BCUT2D eigenvalue weighted by Gasteiger charge is -2.40. The molecule has 0 saturated carbocycles. The van der Waals surface area contributed by atoms with E-state index in [-0.39, 0.29) is 5.97 Å². The SMILES string of the molecule is CCOC(=O)C1(Cc2cc(-c3ccc(C)cc3)no2)CCCN(Cc2ccccn2)C1. The van der Waals surface area contributed by atoms with Gasteiger partial charge in [-0.25, -0.2) is 0 Å². The van der Waals surface area contributed by atoms with Crippen LogP contribution in [-0.4, -0.2) is 40.7 Å². The molecule has 0 radical (unpaired) electrons. The Morgan fingerprint density at radius 2 is 2.06 bits per heavy atom. The minimum atomic E-state index is -0.646. The molecule has 1 fully saturated rings. The number of hydrogen-bond donors (Lipinski definition) is 0. The van der Waals surface area contributed by atoms with Crippen LogP contribution in [0.1, 0.15) is 36.8 Å². The van der Waals surface area contributed by atoms with E-state index < -0.39 is 5.41 Å². The predicted molar refractivity (Wildman–Crippen MR) is 118 cm³/mol. The second-order valence-electron chi connectivity index (χ2n) is 8.36.